The molecule has 8 heteroatoms. The van der Waals surface area contributed by atoms with E-state index in [0.29, 0.717) is 28.5 Å². The van der Waals surface area contributed by atoms with Crippen LogP contribution in [-0.4, -0.2) is 30.6 Å². The van der Waals surface area contributed by atoms with E-state index in [4.69, 9.17) is 0 Å². The van der Waals surface area contributed by atoms with Gasteiger partial charge in [-0.3, -0.25) is 9.78 Å². The van der Waals surface area contributed by atoms with E-state index in [-0.39, 0.29) is 5.56 Å². The number of benzene rings is 1. The fourth-order valence-corrected chi connectivity index (χ4v) is 2.83. The topological polar surface area (TPSA) is 85.6 Å². The van der Waals surface area contributed by atoms with Gasteiger partial charge in [0.25, 0.3) is 5.91 Å². The van der Waals surface area contributed by atoms with Crippen molar-refractivity contribution in [2.24, 2.45) is 7.05 Å². The second-order valence-corrected chi connectivity index (χ2v) is 6.54. The molecule has 0 spiro atoms. The van der Waals surface area contributed by atoms with Crippen LogP contribution in [0.4, 0.5) is 10.1 Å². The van der Waals surface area contributed by atoms with Crippen LogP contribution in [0, 0.1) is 12.7 Å². The van der Waals surface area contributed by atoms with Crippen LogP contribution in [0.15, 0.2) is 61.1 Å². The van der Waals surface area contributed by atoms with Crippen LogP contribution >= 0.6 is 0 Å². The van der Waals surface area contributed by atoms with E-state index in [2.05, 4.69) is 25.5 Å². The van der Waals surface area contributed by atoms with Crippen molar-refractivity contribution < 1.29 is 9.18 Å². The van der Waals surface area contributed by atoms with Gasteiger partial charge >= 0.3 is 0 Å². The Morgan fingerprint density at radius 3 is 2.48 bits per heavy atom. The summed E-state index contributed by atoms with van der Waals surface area (Å²) in [5.74, 6) is -0.297. The molecule has 1 aromatic carbocycles. The van der Waals surface area contributed by atoms with Gasteiger partial charge in [0.05, 0.1) is 17.6 Å². The van der Waals surface area contributed by atoms with Gasteiger partial charge < -0.3 is 9.88 Å². The first kappa shape index (κ1) is 18.4. The Balaban J connectivity index is 1.60. The molecule has 4 rings (SSSR count). The van der Waals surface area contributed by atoms with E-state index in [1.54, 1.807) is 42.7 Å². The number of nitrogens with zero attached hydrogens (tertiary/aromatic N) is 5. The maximum absolute atomic E-state index is 14.2. The van der Waals surface area contributed by atoms with Crippen molar-refractivity contribution in [1.82, 2.24) is 24.7 Å². The Morgan fingerprint density at radius 2 is 1.83 bits per heavy atom. The van der Waals surface area contributed by atoms with Gasteiger partial charge in [-0.15, -0.1) is 10.2 Å². The highest BCUT2D eigenvalue weighted by Gasteiger charge is 2.13. The molecule has 0 radical (unpaired) electrons. The van der Waals surface area contributed by atoms with Crippen LogP contribution in [0.2, 0.25) is 0 Å². The standard InChI is InChI=1S/C21H17FN6O/c1-13-3-4-17(12-24-13)25-21(29)15-9-14(10-16(22)11-15)18-5-6-19(27-26-18)20-23-7-8-28(20)2/h3-12H,1-2H3,(H,25,29). The summed E-state index contributed by atoms with van der Waals surface area (Å²) >= 11 is 0. The summed E-state index contributed by atoms with van der Waals surface area (Å²) in [5, 5.41) is 11.1. The van der Waals surface area contributed by atoms with Crippen LogP contribution in [0.1, 0.15) is 16.1 Å². The maximum Gasteiger partial charge on any atom is 0.255 e. The zero-order valence-electron chi connectivity index (χ0n) is 15.8. The molecule has 1 amide bonds. The Bertz CT molecular complexity index is 1170. The Hall–Kier alpha value is -3.94. The minimum atomic E-state index is -0.537. The molecule has 0 aliphatic rings. The molecule has 0 bridgehead atoms. The third-order valence-electron chi connectivity index (χ3n) is 4.34. The highest BCUT2D eigenvalue weighted by atomic mass is 19.1. The lowest BCUT2D eigenvalue weighted by molar-refractivity contribution is 0.102. The van der Waals surface area contributed by atoms with Crippen molar-refractivity contribution in [2.45, 2.75) is 6.92 Å². The molecule has 0 saturated carbocycles. The summed E-state index contributed by atoms with van der Waals surface area (Å²) in [6.45, 7) is 1.85. The van der Waals surface area contributed by atoms with Gasteiger partial charge in [-0.1, -0.05) is 0 Å². The maximum atomic E-state index is 14.2. The summed E-state index contributed by atoms with van der Waals surface area (Å²) in [5.41, 5.74) is 3.05. The number of rotatable bonds is 4. The van der Waals surface area contributed by atoms with Crippen molar-refractivity contribution >= 4 is 11.6 Å². The van der Waals surface area contributed by atoms with Crippen molar-refractivity contribution in [3.05, 3.63) is 78.1 Å². The average Bonchev–Trinajstić information content (AvgIpc) is 3.15. The monoisotopic (exact) mass is 388 g/mol. The predicted octanol–water partition coefficient (Wildman–Crippen LogP) is 3.64. The molecule has 3 heterocycles. The first-order chi connectivity index (χ1) is 14.0. The molecule has 0 aliphatic carbocycles. The van der Waals surface area contributed by atoms with Crippen molar-refractivity contribution in [3.63, 3.8) is 0 Å². The number of nitrogens with one attached hydrogen (secondary N) is 1. The molecule has 144 valence electrons. The van der Waals surface area contributed by atoms with E-state index in [1.807, 2.05) is 24.7 Å². The second kappa shape index (κ2) is 7.59. The van der Waals surface area contributed by atoms with E-state index in [9.17, 15) is 9.18 Å². The molecular formula is C21H17FN6O. The van der Waals surface area contributed by atoms with E-state index in [0.717, 1.165) is 5.69 Å². The van der Waals surface area contributed by atoms with Crippen molar-refractivity contribution in [1.29, 1.82) is 0 Å². The lowest BCUT2D eigenvalue weighted by Gasteiger charge is -2.08. The van der Waals surface area contributed by atoms with Crippen LogP contribution in [0.3, 0.4) is 0 Å². The SMILES string of the molecule is Cc1ccc(NC(=O)c2cc(F)cc(-c3ccc(-c4nccn4C)nn3)c2)cn1. The molecule has 29 heavy (non-hydrogen) atoms. The first-order valence-electron chi connectivity index (χ1n) is 8.86. The number of aromatic nitrogens is 5. The highest BCUT2D eigenvalue weighted by molar-refractivity contribution is 6.04. The van der Waals surface area contributed by atoms with Gasteiger partial charge in [0, 0.05) is 36.3 Å². The number of pyridine rings is 1. The van der Waals surface area contributed by atoms with E-state index < -0.39 is 11.7 Å². The lowest BCUT2D eigenvalue weighted by Crippen LogP contribution is -2.12. The number of carbonyl (C=O) groups is 1. The van der Waals surface area contributed by atoms with Gasteiger partial charge in [-0.2, -0.15) is 0 Å². The molecule has 4 aromatic rings. The zero-order chi connectivity index (χ0) is 20.4. The molecule has 0 atom stereocenters. The fraction of sp³-hybridized carbons (Fsp3) is 0.0952. The van der Waals surface area contributed by atoms with Gasteiger partial charge in [0.1, 0.15) is 11.5 Å². The molecule has 0 saturated heterocycles. The average molecular weight is 388 g/mol. The van der Waals surface area contributed by atoms with Crippen LogP contribution in [0.25, 0.3) is 22.8 Å². The number of carbonyl (C=O) groups excluding carboxylic acids is 1. The van der Waals surface area contributed by atoms with Crippen molar-refractivity contribution in [3.8, 4) is 22.8 Å². The van der Waals surface area contributed by atoms with Crippen LogP contribution < -0.4 is 5.32 Å². The number of amides is 1. The molecule has 7 nitrogen and oxygen atoms in total. The van der Waals surface area contributed by atoms with Gasteiger partial charge in [0.2, 0.25) is 0 Å². The van der Waals surface area contributed by atoms with E-state index >= 15 is 0 Å². The van der Waals surface area contributed by atoms with Gasteiger partial charge in [-0.05, 0) is 49.4 Å². The molecule has 3 aromatic heterocycles. The van der Waals surface area contributed by atoms with Gasteiger partial charge in [-0.25, -0.2) is 9.37 Å². The third kappa shape index (κ3) is 4.01. The largest absolute Gasteiger partial charge is 0.333 e. The normalized spacial score (nSPS) is 10.7. The Kier molecular flexibility index (Phi) is 4.82. The summed E-state index contributed by atoms with van der Waals surface area (Å²) in [6, 6.07) is 11.1. The number of imidazole rings is 1. The van der Waals surface area contributed by atoms with Gasteiger partial charge in [0.15, 0.2) is 5.82 Å². The number of halogens is 1. The number of anilines is 1. The lowest BCUT2D eigenvalue weighted by atomic mass is 10.1. The molecular weight excluding hydrogens is 371 g/mol. The smallest absolute Gasteiger partial charge is 0.255 e. The summed E-state index contributed by atoms with van der Waals surface area (Å²) in [6.07, 6.45) is 5.03. The van der Waals surface area contributed by atoms with E-state index in [1.165, 1.54) is 12.1 Å². The van der Waals surface area contributed by atoms with Crippen LogP contribution in [-0.2, 0) is 7.05 Å². The number of hydrogen-bond donors (Lipinski definition) is 1. The zero-order valence-corrected chi connectivity index (χ0v) is 15.8. The highest BCUT2D eigenvalue weighted by Crippen LogP contribution is 2.22. The van der Waals surface area contributed by atoms with Crippen LogP contribution in [0.5, 0.6) is 0 Å². The minimum Gasteiger partial charge on any atom is -0.333 e. The molecule has 0 fully saturated rings. The summed E-state index contributed by atoms with van der Waals surface area (Å²) in [7, 11) is 1.86. The molecule has 0 unspecified atom stereocenters. The second-order valence-electron chi connectivity index (χ2n) is 6.54. The number of hydrogen-bond acceptors (Lipinski definition) is 5. The first-order valence-corrected chi connectivity index (χ1v) is 8.86. The van der Waals surface area contributed by atoms with Crippen molar-refractivity contribution in [2.75, 3.05) is 5.32 Å². The summed E-state index contributed by atoms with van der Waals surface area (Å²) < 4.78 is 16.0. The third-order valence-corrected chi connectivity index (χ3v) is 4.34. The quantitative estimate of drug-likeness (QED) is 0.577. The Morgan fingerprint density at radius 1 is 1.03 bits per heavy atom. The summed E-state index contributed by atoms with van der Waals surface area (Å²) in [4.78, 5) is 20.9. The predicted molar refractivity (Wildman–Crippen MR) is 107 cm³/mol. The minimum absolute atomic E-state index is 0.176. The molecule has 1 N–H and O–H groups in total. The molecule has 0 aliphatic heterocycles. The number of aryl methyl sites for hydroxylation is 2. The Labute approximate surface area is 166 Å². The fourth-order valence-electron chi connectivity index (χ4n) is 2.83.